The molecule has 0 saturated carbocycles. The Hall–Kier alpha value is -0.210. The van der Waals surface area contributed by atoms with Gasteiger partial charge in [0, 0.05) is 0 Å². The van der Waals surface area contributed by atoms with Crippen molar-refractivity contribution < 1.29 is 13.2 Å². The van der Waals surface area contributed by atoms with Gasteiger partial charge in [0.25, 0.3) is 0 Å². The molecule has 0 rings (SSSR count). The summed E-state index contributed by atoms with van der Waals surface area (Å²) >= 11 is 0. The summed E-state index contributed by atoms with van der Waals surface area (Å²) in [6.07, 6.45) is -3.57. The summed E-state index contributed by atoms with van der Waals surface area (Å²) in [5, 5.41) is 0. The standard InChI is InChI=1S/C9H16F3/c1-5-7(4)8(6(2)3)9(10,11)12/h6-7H,5H2,1-4H3. The van der Waals surface area contributed by atoms with E-state index < -0.39 is 12.1 Å². The van der Waals surface area contributed by atoms with Crippen LogP contribution in [0.25, 0.3) is 0 Å². The summed E-state index contributed by atoms with van der Waals surface area (Å²) in [7, 11) is 0. The van der Waals surface area contributed by atoms with Gasteiger partial charge in [-0.3, -0.25) is 0 Å². The van der Waals surface area contributed by atoms with Crippen LogP contribution >= 0.6 is 0 Å². The number of hydrogen-bond donors (Lipinski definition) is 0. The smallest absolute Gasteiger partial charge is 0.170 e. The van der Waals surface area contributed by atoms with E-state index in [0.717, 1.165) is 0 Å². The van der Waals surface area contributed by atoms with Crippen molar-refractivity contribution in [3.05, 3.63) is 5.92 Å². The Morgan fingerprint density at radius 2 is 1.58 bits per heavy atom. The van der Waals surface area contributed by atoms with Gasteiger partial charge in [0.15, 0.2) is 0 Å². The van der Waals surface area contributed by atoms with Crippen LogP contribution in [0.1, 0.15) is 34.1 Å². The monoisotopic (exact) mass is 181 g/mol. The summed E-state index contributed by atoms with van der Waals surface area (Å²) in [5.41, 5.74) is 0. The lowest BCUT2D eigenvalue weighted by Crippen LogP contribution is -2.30. The highest BCUT2D eigenvalue weighted by Crippen LogP contribution is 2.40. The second-order valence-electron chi connectivity index (χ2n) is 3.42. The Labute approximate surface area is 72.2 Å². The van der Waals surface area contributed by atoms with Gasteiger partial charge in [0.2, 0.25) is 0 Å². The molecule has 1 radical (unpaired) electrons. The fourth-order valence-corrected chi connectivity index (χ4v) is 1.40. The third-order valence-corrected chi connectivity index (χ3v) is 2.09. The number of hydrogen-bond acceptors (Lipinski definition) is 0. The fraction of sp³-hybridized carbons (Fsp3) is 0.889. The minimum Gasteiger partial charge on any atom is -0.170 e. The van der Waals surface area contributed by atoms with Gasteiger partial charge in [0.05, 0.1) is 5.92 Å². The van der Waals surface area contributed by atoms with Crippen molar-refractivity contribution in [1.82, 2.24) is 0 Å². The van der Waals surface area contributed by atoms with Crippen molar-refractivity contribution in [3.8, 4) is 0 Å². The molecule has 0 nitrogen and oxygen atoms in total. The first-order valence-electron chi connectivity index (χ1n) is 4.24. The molecule has 3 heteroatoms. The van der Waals surface area contributed by atoms with Crippen LogP contribution in [0, 0.1) is 17.8 Å². The fourth-order valence-electron chi connectivity index (χ4n) is 1.40. The lowest BCUT2D eigenvalue weighted by molar-refractivity contribution is -0.131. The molecule has 0 fully saturated rings. The lowest BCUT2D eigenvalue weighted by Gasteiger charge is -2.27. The topological polar surface area (TPSA) is 0 Å². The lowest BCUT2D eigenvalue weighted by atomic mass is 9.82. The van der Waals surface area contributed by atoms with E-state index in [1.54, 1.807) is 27.7 Å². The second-order valence-corrected chi connectivity index (χ2v) is 3.42. The number of halogens is 3. The van der Waals surface area contributed by atoms with Gasteiger partial charge in [-0.05, 0) is 11.8 Å². The van der Waals surface area contributed by atoms with Crippen molar-refractivity contribution >= 4 is 0 Å². The van der Waals surface area contributed by atoms with Crippen LogP contribution in [0.15, 0.2) is 0 Å². The molecule has 0 spiro atoms. The average molecular weight is 181 g/mol. The Morgan fingerprint density at radius 3 is 1.67 bits per heavy atom. The molecular weight excluding hydrogens is 165 g/mol. The van der Waals surface area contributed by atoms with Gasteiger partial charge in [-0.1, -0.05) is 34.1 Å². The van der Waals surface area contributed by atoms with Gasteiger partial charge < -0.3 is 0 Å². The predicted molar refractivity (Wildman–Crippen MR) is 43.6 cm³/mol. The molecule has 0 heterocycles. The van der Waals surface area contributed by atoms with E-state index in [4.69, 9.17) is 0 Å². The van der Waals surface area contributed by atoms with Crippen LogP contribution in [-0.2, 0) is 0 Å². The third kappa shape index (κ3) is 3.03. The van der Waals surface area contributed by atoms with Crippen LogP contribution in [0.5, 0.6) is 0 Å². The van der Waals surface area contributed by atoms with Gasteiger partial charge in [0.1, 0.15) is 0 Å². The molecular formula is C9H16F3. The van der Waals surface area contributed by atoms with Gasteiger partial charge in [-0.25, -0.2) is 0 Å². The molecule has 0 aromatic heterocycles. The molecule has 0 bridgehead atoms. The van der Waals surface area contributed by atoms with E-state index in [1.165, 1.54) is 0 Å². The molecule has 0 aromatic rings. The molecule has 0 amide bonds. The minimum absolute atomic E-state index is 0.287. The first-order valence-corrected chi connectivity index (χ1v) is 4.24. The van der Waals surface area contributed by atoms with Crippen molar-refractivity contribution in [2.45, 2.75) is 40.3 Å². The number of alkyl halides is 3. The summed E-state index contributed by atoms with van der Waals surface area (Å²) in [4.78, 5) is 0. The summed E-state index contributed by atoms with van der Waals surface area (Å²) in [6.45, 7) is 6.59. The van der Waals surface area contributed by atoms with Gasteiger partial charge in [-0.15, -0.1) is 0 Å². The van der Waals surface area contributed by atoms with Crippen LogP contribution < -0.4 is 0 Å². The average Bonchev–Trinajstić information content (AvgIpc) is 1.83. The maximum Gasteiger partial charge on any atom is 0.395 e. The Bertz CT molecular complexity index is 126. The zero-order valence-electron chi connectivity index (χ0n) is 8.00. The molecule has 73 valence electrons. The largest absolute Gasteiger partial charge is 0.395 e. The van der Waals surface area contributed by atoms with E-state index in [0.29, 0.717) is 6.42 Å². The van der Waals surface area contributed by atoms with Crippen LogP contribution in [0.3, 0.4) is 0 Å². The summed E-state index contributed by atoms with van der Waals surface area (Å²) in [6, 6.07) is 0. The molecule has 1 atom stereocenters. The molecule has 0 aliphatic heterocycles. The minimum atomic E-state index is -4.12. The molecule has 1 unspecified atom stereocenters. The Morgan fingerprint density at radius 1 is 1.17 bits per heavy atom. The van der Waals surface area contributed by atoms with Crippen molar-refractivity contribution in [3.63, 3.8) is 0 Å². The predicted octanol–water partition coefficient (Wildman–Crippen LogP) is 3.83. The Kier molecular flexibility index (Phi) is 4.08. The first-order chi connectivity index (χ1) is 5.30. The molecule has 12 heavy (non-hydrogen) atoms. The van der Waals surface area contributed by atoms with E-state index in [2.05, 4.69) is 0 Å². The highest BCUT2D eigenvalue weighted by Gasteiger charge is 2.44. The second kappa shape index (κ2) is 4.15. The van der Waals surface area contributed by atoms with Crippen LogP contribution in [-0.4, -0.2) is 6.18 Å². The van der Waals surface area contributed by atoms with Gasteiger partial charge >= 0.3 is 6.18 Å². The molecule has 0 aliphatic carbocycles. The van der Waals surface area contributed by atoms with E-state index in [9.17, 15) is 13.2 Å². The van der Waals surface area contributed by atoms with Crippen LogP contribution in [0.4, 0.5) is 13.2 Å². The van der Waals surface area contributed by atoms with E-state index >= 15 is 0 Å². The van der Waals surface area contributed by atoms with Crippen molar-refractivity contribution in [2.24, 2.45) is 11.8 Å². The highest BCUT2D eigenvalue weighted by molar-refractivity contribution is 5.03. The third-order valence-electron chi connectivity index (χ3n) is 2.09. The summed E-state index contributed by atoms with van der Waals surface area (Å²) < 4.78 is 37.1. The zero-order valence-corrected chi connectivity index (χ0v) is 8.00. The maximum atomic E-state index is 12.4. The zero-order chi connectivity index (χ0) is 9.94. The number of rotatable bonds is 3. The van der Waals surface area contributed by atoms with Crippen molar-refractivity contribution in [1.29, 1.82) is 0 Å². The summed E-state index contributed by atoms with van der Waals surface area (Å²) in [5.74, 6) is -1.05. The Balaban J connectivity index is 4.44. The normalized spacial score (nSPS) is 15.8. The molecule has 0 aromatic carbocycles. The molecule has 0 N–H and O–H groups in total. The van der Waals surface area contributed by atoms with Crippen molar-refractivity contribution in [2.75, 3.05) is 0 Å². The SMILES string of the molecule is CCC(C)[C](C(C)C)C(F)(F)F. The maximum absolute atomic E-state index is 12.4. The first kappa shape index (κ1) is 11.8. The molecule has 0 aliphatic rings. The quantitative estimate of drug-likeness (QED) is 0.620. The van der Waals surface area contributed by atoms with Crippen LogP contribution in [0.2, 0.25) is 0 Å². The van der Waals surface area contributed by atoms with Gasteiger partial charge in [-0.2, -0.15) is 13.2 Å². The molecule has 0 saturated heterocycles. The van der Waals surface area contributed by atoms with E-state index in [-0.39, 0.29) is 11.8 Å². The highest BCUT2D eigenvalue weighted by atomic mass is 19.4. The van der Waals surface area contributed by atoms with E-state index in [1.807, 2.05) is 0 Å².